The molecule has 0 aliphatic carbocycles. The number of primary amides is 1. The lowest BCUT2D eigenvalue weighted by Gasteiger charge is -2.13. The summed E-state index contributed by atoms with van der Waals surface area (Å²) in [5, 5.41) is 14.5. The Morgan fingerprint density at radius 1 is 1.43 bits per heavy atom. The lowest BCUT2D eigenvalue weighted by atomic mass is 10.2. The number of aromatic nitrogens is 1. The molecule has 0 radical (unpaired) electrons. The van der Waals surface area contributed by atoms with Crippen molar-refractivity contribution >= 4 is 11.7 Å². The number of pyridine rings is 1. The van der Waals surface area contributed by atoms with Crippen molar-refractivity contribution in [2.24, 2.45) is 5.73 Å². The molecule has 0 aliphatic rings. The molecule has 6 nitrogen and oxygen atoms in total. The third-order valence-corrected chi connectivity index (χ3v) is 2.49. The van der Waals surface area contributed by atoms with Gasteiger partial charge in [-0.3, -0.25) is 4.79 Å². The van der Waals surface area contributed by atoms with E-state index in [-0.39, 0.29) is 17.9 Å². The average Bonchev–Trinajstić information content (AvgIpc) is 2.36. The maximum absolute atomic E-state index is 12.6. The van der Waals surface area contributed by atoms with E-state index in [2.05, 4.69) is 15.6 Å². The second-order valence-electron chi connectivity index (χ2n) is 4.43. The van der Waals surface area contributed by atoms with Crippen LogP contribution >= 0.6 is 0 Å². The summed E-state index contributed by atoms with van der Waals surface area (Å²) in [5.74, 6) is -1.08. The highest BCUT2D eigenvalue weighted by atomic mass is 19.4. The quantitative estimate of drug-likeness (QED) is 0.552. The number of nitrogens with one attached hydrogen (secondary N) is 2. The average molecular weight is 306 g/mol. The Bertz CT molecular complexity index is 492. The van der Waals surface area contributed by atoms with E-state index < -0.39 is 23.9 Å². The van der Waals surface area contributed by atoms with Crippen LogP contribution in [0.4, 0.5) is 19.0 Å². The van der Waals surface area contributed by atoms with Gasteiger partial charge in [-0.25, -0.2) is 4.98 Å². The summed E-state index contributed by atoms with van der Waals surface area (Å²) in [7, 11) is 0. The minimum Gasteiger partial charge on any atom is -0.392 e. The lowest BCUT2D eigenvalue weighted by molar-refractivity contribution is -0.141. The Labute approximate surface area is 119 Å². The first-order chi connectivity index (χ1) is 9.71. The first kappa shape index (κ1) is 17.2. The minimum atomic E-state index is -4.60. The molecule has 0 spiro atoms. The van der Waals surface area contributed by atoms with Gasteiger partial charge in [0.1, 0.15) is 11.5 Å². The Morgan fingerprint density at radius 2 is 2.10 bits per heavy atom. The van der Waals surface area contributed by atoms with Crippen LogP contribution in [0.15, 0.2) is 12.1 Å². The summed E-state index contributed by atoms with van der Waals surface area (Å²) < 4.78 is 37.8. The summed E-state index contributed by atoms with van der Waals surface area (Å²) in [6.45, 7) is 2.54. The van der Waals surface area contributed by atoms with E-state index in [0.717, 1.165) is 6.07 Å². The molecule has 1 rings (SSSR count). The SMILES string of the molecule is CC(O)CNCCNc1nc(C(F)(F)F)ccc1C(N)=O. The van der Waals surface area contributed by atoms with Crippen LogP contribution in [0.2, 0.25) is 0 Å². The number of hydrogen-bond acceptors (Lipinski definition) is 5. The molecule has 5 N–H and O–H groups in total. The van der Waals surface area contributed by atoms with Gasteiger partial charge < -0.3 is 21.5 Å². The van der Waals surface area contributed by atoms with E-state index in [4.69, 9.17) is 10.8 Å². The zero-order chi connectivity index (χ0) is 16.0. The van der Waals surface area contributed by atoms with Crippen molar-refractivity contribution in [3.05, 3.63) is 23.4 Å². The summed E-state index contributed by atoms with van der Waals surface area (Å²) in [6.07, 6.45) is -5.13. The normalized spacial score (nSPS) is 13.0. The smallest absolute Gasteiger partial charge is 0.392 e. The molecule has 21 heavy (non-hydrogen) atoms. The number of halogens is 3. The number of nitrogens with two attached hydrogens (primary N) is 1. The monoisotopic (exact) mass is 306 g/mol. The molecule has 0 bridgehead atoms. The summed E-state index contributed by atoms with van der Waals surface area (Å²) in [5.41, 5.74) is 3.88. The van der Waals surface area contributed by atoms with E-state index in [1.807, 2.05) is 0 Å². The van der Waals surface area contributed by atoms with Gasteiger partial charge in [-0.15, -0.1) is 0 Å². The van der Waals surface area contributed by atoms with Gasteiger partial charge in [0.15, 0.2) is 0 Å². The van der Waals surface area contributed by atoms with Crippen molar-refractivity contribution in [3.63, 3.8) is 0 Å². The zero-order valence-electron chi connectivity index (χ0n) is 11.4. The van der Waals surface area contributed by atoms with Crippen molar-refractivity contribution in [2.45, 2.75) is 19.2 Å². The number of carbonyl (C=O) groups excluding carboxylic acids is 1. The second kappa shape index (κ2) is 7.23. The zero-order valence-corrected chi connectivity index (χ0v) is 11.4. The van der Waals surface area contributed by atoms with Crippen LogP contribution in [0.25, 0.3) is 0 Å². The predicted molar refractivity (Wildman–Crippen MR) is 70.8 cm³/mol. The summed E-state index contributed by atoms with van der Waals surface area (Å²) >= 11 is 0. The topological polar surface area (TPSA) is 100 Å². The van der Waals surface area contributed by atoms with Crippen LogP contribution in [-0.4, -0.2) is 41.7 Å². The highest BCUT2D eigenvalue weighted by molar-refractivity contribution is 5.97. The molecular weight excluding hydrogens is 289 g/mol. The van der Waals surface area contributed by atoms with Gasteiger partial charge in [0.25, 0.3) is 5.91 Å². The Hall–Kier alpha value is -1.87. The fraction of sp³-hybridized carbons (Fsp3) is 0.500. The van der Waals surface area contributed by atoms with Crippen LogP contribution in [0, 0.1) is 0 Å². The lowest BCUT2D eigenvalue weighted by Crippen LogP contribution is -2.29. The molecule has 0 fully saturated rings. The molecule has 9 heteroatoms. The number of alkyl halides is 3. The Balaban J connectivity index is 2.75. The van der Waals surface area contributed by atoms with Gasteiger partial charge >= 0.3 is 6.18 Å². The minimum absolute atomic E-state index is 0.112. The molecule has 0 saturated carbocycles. The molecule has 1 aromatic heterocycles. The molecule has 1 amide bonds. The van der Waals surface area contributed by atoms with Crippen LogP contribution in [0.3, 0.4) is 0 Å². The molecule has 0 saturated heterocycles. The van der Waals surface area contributed by atoms with E-state index in [1.165, 1.54) is 0 Å². The first-order valence-electron chi connectivity index (χ1n) is 6.22. The highest BCUT2D eigenvalue weighted by Crippen LogP contribution is 2.29. The molecule has 1 heterocycles. The largest absolute Gasteiger partial charge is 0.433 e. The highest BCUT2D eigenvalue weighted by Gasteiger charge is 2.33. The van der Waals surface area contributed by atoms with Crippen LogP contribution in [-0.2, 0) is 6.18 Å². The molecule has 1 atom stereocenters. The first-order valence-corrected chi connectivity index (χ1v) is 6.22. The number of aliphatic hydroxyl groups is 1. The summed E-state index contributed by atoms with van der Waals surface area (Å²) in [6, 6.07) is 1.70. The molecule has 118 valence electrons. The van der Waals surface area contributed by atoms with Crippen LogP contribution in [0.5, 0.6) is 0 Å². The van der Waals surface area contributed by atoms with Gasteiger partial charge in [0.2, 0.25) is 0 Å². The van der Waals surface area contributed by atoms with Crippen molar-refractivity contribution in [2.75, 3.05) is 25.0 Å². The molecule has 1 unspecified atom stereocenters. The molecule has 0 aliphatic heterocycles. The van der Waals surface area contributed by atoms with Crippen LogP contribution in [0.1, 0.15) is 23.0 Å². The van der Waals surface area contributed by atoms with Gasteiger partial charge in [0, 0.05) is 19.6 Å². The van der Waals surface area contributed by atoms with Crippen molar-refractivity contribution < 1.29 is 23.1 Å². The fourth-order valence-corrected chi connectivity index (χ4v) is 1.53. The van der Waals surface area contributed by atoms with Gasteiger partial charge in [-0.2, -0.15) is 13.2 Å². The summed E-state index contributed by atoms with van der Waals surface area (Å²) in [4.78, 5) is 14.6. The number of aliphatic hydroxyl groups excluding tert-OH is 1. The van der Waals surface area contributed by atoms with Crippen molar-refractivity contribution in [1.82, 2.24) is 10.3 Å². The van der Waals surface area contributed by atoms with Crippen molar-refractivity contribution in [1.29, 1.82) is 0 Å². The second-order valence-corrected chi connectivity index (χ2v) is 4.43. The van der Waals surface area contributed by atoms with Crippen LogP contribution < -0.4 is 16.4 Å². The third kappa shape index (κ3) is 5.56. The van der Waals surface area contributed by atoms with E-state index in [1.54, 1.807) is 6.92 Å². The Morgan fingerprint density at radius 3 is 2.62 bits per heavy atom. The number of amides is 1. The van der Waals surface area contributed by atoms with E-state index in [9.17, 15) is 18.0 Å². The number of hydrogen-bond donors (Lipinski definition) is 4. The predicted octanol–water partition coefficient (Wildman–Crippen LogP) is 0.582. The number of carbonyl (C=O) groups is 1. The standard InChI is InChI=1S/C12H17F3N4O2/c1-7(20)6-17-4-5-18-11-8(10(16)21)2-3-9(19-11)12(13,14)15/h2-3,7,17,20H,4-6H2,1H3,(H2,16,21)(H,18,19). The molecule has 1 aromatic rings. The van der Waals surface area contributed by atoms with Crippen molar-refractivity contribution in [3.8, 4) is 0 Å². The fourth-order valence-electron chi connectivity index (χ4n) is 1.53. The molecular formula is C12H17F3N4O2. The maximum atomic E-state index is 12.6. The van der Waals surface area contributed by atoms with Gasteiger partial charge in [0.05, 0.1) is 11.7 Å². The van der Waals surface area contributed by atoms with Gasteiger partial charge in [-0.05, 0) is 19.1 Å². The van der Waals surface area contributed by atoms with E-state index in [0.29, 0.717) is 19.2 Å². The number of nitrogens with zero attached hydrogens (tertiary/aromatic N) is 1. The Kier molecular flexibility index (Phi) is 5.91. The molecule has 0 aromatic carbocycles. The van der Waals surface area contributed by atoms with Gasteiger partial charge in [-0.1, -0.05) is 0 Å². The van der Waals surface area contributed by atoms with E-state index >= 15 is 0 Å². The third-order valence-electron chi connectivity index (χ3n) is 2.49. The number of rotatable bonds is 7. The number of anilines is 1. The maximum Gasteiger partial charge on any atom is 0.433 e.